The van der Waals surface area contributed by atoms with Gasteiger partial charge in [0.25, 0.3) is 0 Å². The van der Waals surface area contributed by atoms with Crippen LogP contribution in [0.1, 0.15) is 28.9 Å². The van der Waals surface area contributed by atoms with Crippen LogP contribution < -0.4 is 10.6 Å². The summed E-state index contributed by atoms with van der Waals surface area (Å²) in [6.45, 7) is 0. The van der Waals surface area contributed by atoms with Crippen LogP contribution >= 0.6 is 0 Å². The number of benzene rings is 8. The van der Waals surface area contributed by atoms with E-state index in [1.54, 1.807) is 0 Å². The van der Waals surface area contributed by atoms with Gasteiger partial charge in [0.2, 0.25) is 0 Å². The van der Waals surface area contributed by atoms with E-state index in [2.05, 4.69) is 220 Å². The largest absolute Gasteiger partial charge is 0.309 e. The number of hydrogen-bond acceptors (Lipinski definition) is 2. The summed E-state index contributed by atoms with van der Waals surface area (Å²) in [5.74, 6) is 0. The summed E-state index contributed by atoms with van der Waals surface area (Å²) < 4.78 is 4.80. The van der Waals surface area contributed by atoms with Crippen LogP contribution in [0.5, 0.6) is 0 Å². The maximum absolute atomic E-state index is 3.94. The van der Waals surface area contributed by atoms with Crippen LogP contribution in [0.2, 0.25) is 0 Å². The minimum absolute atomic E-state index is 0.0170. The van der Waals surface area contributed by atoms with Gasteiger partial charge in [-0.1, -0.05) is 146 Å². The lowest BCUT2D eigenvalue weighted by atomic mass is 9.97. The van der Waals surface area contributed by atoms with Crippen molar-refractivity contribution in [2.75, 3.05) is 7.05 Å². The van der Waals surface area contributed by atoms with Crippen LogP contribution in [-0.4, -0.2) is 16.2 Å². The number of hydrogen-bond donors (Lipinski definition) is 2. The van der Waals surface area contributed by atoms with Crippen molar-refractivity contribution < 1.29 is 0 Å². The fraction of sp³-hybridized carbons (Fsp3) is 0.0588. The van der Waals surface area contributed by atoms with E-state index in [1.807, 2.05) is 7.05 Å². The van der Waals surface area contributed by atoms with Gasteiger partial charge in [-0.25, -0.2) is 0 Å². The van der Waals surface area contributed by atoms with E-state index in [0.717, 1.165) is 11.4 Å². The summed E-state index contributed by atoms with van der Waals surface area (Å²) in [5.41, 5.74) is 13.1. The third kappa shape index (κ3) is 5.80. The number of fused-ring (bicyclic) bond motifs is 6. The first kappa shape index (κ1) is 32.9. The van der Waals surface area contributed by atoms with Crippen LogP contribution in [0, 0.1) is 0 Å². The fourth-order valence-corrected chi connectivity index (χ4v) is 8.47. The number of nitrogens with zero attached hydrogens (tertiary/aromatic N) is 2. The molecule has 0 fully saturated rings. The quantitative estimate of drug-likeness (QED) is 0.146. The van der Waals surface area contributed by atoms with Crippen molar-refractivity contribution in [2.24, 2.45) is 0 Å². The number of para-hydroxylation sites is 3. The van der Waals surface area contributed by atoms with Crippen LogP contribution in [-0.2, 0) is 0 Å². The summed E-state index contributed by atoms with van der Waals surface area (Å²) in [7, 11) is 2.02. The third-order valence-corrected chi connectivity index (χ3v) is 11.0. The molecule has 4 heteroatoms. The lowest BCUT2D eigenvalue weighted by Gasteiger charge is -2.27. The number of rotatable bonds is 9. The van der Waals surface area contributed by atoms with Crippen molar-refractivity contribution in [1.82, 2.24) is 19.8 Å². The molecular formula is C51H40N4. The molecule has 55 heavy (non-hydrogen) atoms. The second kappa shape index (κ2) is 13.9. The number of nitrogens with one attached hydrogen (secondary N) is 2. The number of aromatic nitrogens is 2. The molecule has 0 saturated heterocycles. The average molecular weight is 709 g/mol. The van der Waals surface area contributed by atoms with E-state index in [1.165, 1.54) is 71.4 Å². The Morgan fingerprint density at radius 1 is 0.364 bits per heavy atom. The van der Waals surface area contributed by atoms with Crippen LogP contribution in [0.3, 0.4) is 0 Å². The summed E-state index contributed by atoms with van der Waals surface area (Å²) in [6, 6.07) is 72.3. The smallest absolute Gasteiger partial charge is 0.0841 e. The van der Waals surface area contributed by atoms with E-state index in [-0.39, 0.29) is 12.2 Å². The van der Waals surface area contributed by atoms with Crippen molar-refractivity contribution in [3.63, 3.8) is 0 Å². The third-order valence-electron chi connectivity index (χ3n) is 11.0. The second-order valence-corrected chi connectivity index (χ2v) is 14.2. The van der Waals surface area contributed by atoms with Gasteiger partial charge in [-0.05, 0) is 89.5 Å². The molecule has 0 saturated carbocycles. The Kier molecular flexibility index (Phi) is 8.33. The maximum atomic E-state index is 3.94. The zero-order chi connectivity index (χ0) is 36.7. The van der Waals surface area contributed by atoms with Crippen molar-refractivity contribution >= 4 is 43.6 Å². The highest BCUT2D eigenvalue weighted by Crippen LogP contribution is 2.38. The highest BCUT2D eigenvalue weighted by atomic mass is 15.1. The second-order valence-electron chi connectivity index (χ2n) is 14.2. The molecule has 2 N–H and O–H groups in total. The van der Waals surface area contributed by atoms with Gasteiger partial charge in [0.1, 0.15) is 0 Å². The summed E-state index contributed by atoms with van der Waals surface area (Å²) in [6.07, 6.45) is -0.0912. The maximum Gasteiger partial charge on any atom is 0.0841 e. The molecule has 10 rings (SSSR count). The SMILES string of the molecule is CNC(NC(c1ccccc1)c1ccccc1)c1cccc(-n2c3ccccc3c3cc(-c4ccc5c6ccccc6n(-c6ccccc6)c5c4)ccc32)c1. The molecule has 0 aliphatic heterocycles. The zero-order valence-electron chi connectivity index (χ0n) is 30.6. The lowest BCUT2D eigenvalue weighted by molar-refractivity contribution is 0.436. The van der Waals surface area contributed by atoms with Gasteiger partial charge in [0, 0.05) is 32.9 Å². The molecule has 10 aromatic rings. The Hall–Kier alpha value is -6.72. The first-order valence-electron chi connectivity index (χ1n) is 19.0. The van der Waals surface area contributed by atoms with Crippen LogP contribution in [0.25, 0.3) is 66.1 Å². The molecule has 0 aliphatic carbocycles. The van der Waals surface area contributed by atoms with Gasteiger partial charge < -0.3 is 14.5 Å². The summed E-state index contributed by atoms with van der Waals surface area (Å²) >= 11 is 0. The van der Waals surface area contributed by atoms with Gasteiger partial charge in [-0.15, -0.1) is 0 Å². The Morgan fingerprint density at radius 3 is 1.53 bits per heavy atom. The molecule has 0 radical (unpaired) electrons. The molecular weight excluding hydrogens is 669 g/mol. The molecule has 264 valence electrons. The molecule has 0 bridgehead atoms. The van der Waals surface area contributed by atoms with Gasteiger partial charge >= 0.3 is 0 Å². The van der Waals surface area contributed by atoms with Gasteiger partial charge in [-0.2, -0.15) is 0 Å². The van der Waals surface area contributed by atoms with Gasteiger partial charge in [-0.3, -0.25) is 5.32 Å². The van der Waals surface area contributed by atoms with E-state index in [9.17, 15) is 0 Å². The van der Waals surface area contributed by atoms with E-state index in [0.29, 0.717) is 0 Å². The summed E-state index contributed by atoms with van der Waals surface area (Å²) in [5, 5.41) is 12.5. The lowest BCUT2D eigenvalue weighted by Crippen LogP contribution is -2.35. The molecule has 0 amide bonds. The van der Waals surface area contributed by atoms with Crippen molar-refractivity contribution in [3.05, 3.63) is 217 Å². The molecule has 0 spiro atoms. The van der Waals surface area contributed by atoms with E-state index >= 15 is 0 Å². The molecule has 1 atom stereocenters. The molecule has 2 aromatic heterocycles. The highest BCUT2D eigenvalue weighted by molar-refractivity contribution is 6.12. The Bertz CT molecular complexity index is 2900. The minimum atomic E-state index is -0.0912. The predicted octanol–water partition coefficient (Wildman–Crippen LogP) is 12.1. The Balaban J connectivity index is 1.07. The molecule has 4 nitrogen and oxygen atoms in total. The minimum Gasteiger partial charge on any atom is -0.309 e. The Labute approximate surface area is 320 Å². The van der Waals surface area contributed by atoms with Crippen molar-refractivity contribution in [2.45, 2.75) is 12.2 Å². The first-order chi connectivity index (χ1) is 27.2. The standard InChI is InChI=1S/C51H40N4/c1-52-51(53-50(35-16-5-2-6-17-35)36-18-7-3-8-19-36)39-20-15-23-41(32-39)55-47-27-14-12-25-43(47)45-33-37(29-31-48(45)55)38-28-30-44-42-24-11-13-26-46(42)54(49(44)34-38)40-21-9-4-10-22-40/h2-34,50-53H,1H3. The van der Waals surface area contributed by atoms with Crippen molar-refractivity contribution in [3.8, 4) is 22.5 Å². The van der Waals surface area contributed by atoms with Gasteiger partial charge in [0.15, 0.2) is 0 Å². The predicted molar refractivity (Wildman–Crippen MR) is 230 cm³/mol. The van der Waals surface area contributed by atoms with Gasteiger partial charge in [0.05, 0.1) is 34.3 Å². The van der Waals surface area contributed by atoms with Crippen molar-refractivity contribution in [1.29, 1.82) is 0 Å². The first-order valence-corrected chi connectivity index (χ1v) is 19.0. The Morgan fingerprint density at radius 2 is 0.855 bits per heavy atom. The fourth-order valence-electron chi connectivity index (χ4n) is 8.47. The van der Waals surface area contributed by atoms with E-state index in [4.69, 9.17) is 0 Å². The molecule has 0 aliphatic rings. The zero-order valence-corrected chi connectivity index (χ0v) is 30.6. The summed E-state index contributed by atoms with van der Waals surface area (Å²) in [4.78, 5) is 0. The monoisotopic (exact) mass is 708 g/mol. The van der Waals surface area contributed by atoms with E-state index < -0.39 is 0 Å². The molecule has 8 aromatic carbocycles. The topological polar surface area (TPSA) is 33.9 Å². The van der Waals surface area contributed by atoms with Crippen LogP contribution in [0.4, 0.5) is 0 Å². The molecule has 1 unspecified atom stereocenters. The average Bonchev–Trinajstić information content (AvgIpc) is 3.77. The highest BCUT2D eigenvalue weighted by Gasteiger charge is 2.21. The normalized spacial score (nSPS) is 12.3. The van der Waals surface area contributed by atoms with Crippen LogP contribution in [0.15, 0.2) is 200 Å². The molecule has 2 heterocycles.